The zero-order chi connectivity index (χ0) is 26.2. The molecular formula is C27H39NO7. The lowest BCUT2D eigenvalue weighted by molar-refractivity contribution is -0.142. The molecule has 0 fully saturated rings. The number of hydrogen-bond donors (Lipinski definition) is 3. The number of carbonyl (C=O) groups excluding carboxylic acids is 2. The summed E-state index contributed by atoms with van der Waals surface area (Å²) in [6, 6.07) is 0. The van der Waals surface area contributed by atoms with E-state index in [1.54, 1.807) is 13.0 Å². The van der Waals surface area contributed by atoms with Crippen LogP contribution < -0.4 is 0 Å². The van der Waals surface area contributed by atoms with Crippen molar-refractivity contribution in [3.05, 3.63) is 46.5 Å². The maximum absolute atomic E-state index is 11.8. The minimum Gasteiger partial charge on any atom is -0.504 e. The number of nitrogens with zero attached hydrogens (tertiary/aromatic N) is 1. The molecule has 1 unspecified atom stereocenters. The first-order valence-corrected chi connectivity index (χ1v) is 12.3. The first-order valence-electron chi connectivity index (χ1n) is 12.3. The van der Waals surface area contributed by atoms with E-state index >= 15 is 0 Å². The summed E-state index contributed by atoms with van der Waals surface area (Å²) >= 11 is 0. The van der Waals surface area contributed by atoms with Crippen molar-refractivity contribution in [2.24, 2.45) is 5.92 Å². The Kier molecular flexibility index (Phi) is 10.3. The summed E-state index contributed by atoms with van der Waals surface area (Å²) in [5, 5.41) is 29.5. The molecule has 8 heteroatoms. The average molecular weight is 490 g/mol. The van der Waals surface area contributed by atoms with Gasteiger partial charge >= 0.3 is 11.9 Å². The first kappa shape index (κ1) is 28.4. The van der Waals surface area contributed by atoms with Gasteiger partial charge in [-0.05, 0) is 89.7 Å². The molecule has 2 heterocycles. The molecule has 35 heavy (non-hydrogen) atoms. The summed E-state index contributed by atoms with van der Waals surface area (Å²) in [5.41, 5.74) is 1.62. The van der Waals surface area contributed by atoms with Crippen LogP contribution in [0.3, 0.4) is 0 Å². The lowest BCUT2D eigenvalue weighted by Gasteiger charge is -2.23. The standard InChI is InChI=1S/C27H39NO7/c1-18(8-5-9-19(2)14-22-25(32)20(3)26(33)35-22)10-6-12-27(4,34)13-7-11-21-15-23(29)28(16-21)17-24(30)31/h10,14-15,19,32,34H,5-9,11-13,16-17H2,1-4H3,(H,30,31)/b18-10?,22-14-/t19-,27?/m0/s1. The number of carboxylic acids is 1. The molecule has 3 N–H and O–H groups in total. The van der Waals surface area contributed by atoms with E-state index in [-0.39, 0.29) is 35.5 Å². The number of hydrogen-bond acceptors (Lipinski definition) is 6. The van der Waals surface area contributed by atoms with Crippen molar-refractivity contribution < 1.29 is 34.4 Å². The SMILES string of the molecule is CC(=CCCC(C)(O)CCCC1=CC(=O)N(CC(=O)O)C1)CCC[C@H](C)/C=C1\OC(=O)C(C)=C1O. The zero-order valence-corrected chi connectivity index (χ0v) is 21.3. The number of aliphatic hydroxyl groups excluding tert-OH is 1. The largest absolute Gasteiger partial charge is 0.504 e. The van der Waals surface area contributed by atoms with Gasteiger partial charge in [-0.25, -0.2) is 4.79 Å². The quantitative estimate of drug-likeness (QED) is 0.241. The van der Waals surface area contributed by atoms with Crippen molar-refractivity contribution in [2.45, 2.75) is 84.7 Å². The van der Waals surface area contributed by atoms with Crippen LogP contribution in [0.4, 0.5) is 0 Å². The topological polar surface area (TPSA) is 124 Å². The van der Waals surface area contributed by atoms with E-state index in [9.17, 15) is 24.6 Å². The lowest BCUT2D eigenvalue weighted by atomic mass is 9.91. The Labute approximate surface area is 207 Å². The van der Waals surface area contributed by atoms with Gasteiger partial charge in [0.15, 0.2) is 11.5 Å². The molecule has 2 rings (SSSR count). The smallest absolute Gasteiger partial charge is 0.343 e. The third-order valence-corrected chi connectivity index (χ3v) is 6.51. The van der Waals surface area contributed by atoms with Gasteiger partial charge in [0.05, 0.1) is 11.2 Å². The lowest BCUT2D eigenvalue weighted by Crippen LogP contribution is -2.31. The fraction of sp³-hybridized carbons (Fsp3) is 0.593. The first-order chi connectivity index (χ1) is 16.4. The fourth-order valence-electron chi connectivity index (χ4n) is 4.30. The number of aliphatic carboxylic acids is 1. The van der Waals surface area contributed by atoms with Crippen LogP contribution in [0.2, 0.25) is 0 Å². The van der Waals surface area contributed by atoms with Gasteiger partial charge in [-0.3, -0.25) is 9.59 Å². The molecule has 0 radical (unpaired) electrons. The maximum atomic E-state index is 11.8. The van der Waals surface area contributed by atoms with Gasteiger partial charge in [0.2, 0.25) is 5.91 Å². The molecule has 0 aromatic rings. The second kappa shape index (κ2) is 12.7. The van der Waals surface area contributed by atoms with E-state index in [0.717, 1.165) is 37.7 Å². The summed E-state index contributed by atoms with van der Waals surface area (Å²) in [7, 11) is 0. The summed E-state index contributed by atoms with van der Waals surface area (Å²) in [6.07, 6.45) is 11.7. The normalized spacial score (nSPS) is 20.4. The Bertz CT molecular complexity index is 939. The van der Waals surface area contributed by atoms with Gasteiger partial charge in [0.25, 0.3) is 0 Å². The summed E-state index contributed by atoms with van der Waals surface area (Å²) in [4.78, 5) is 35.4. The van der Waals surface area contributed by atoms with Crippen LogP contribution in [-0.4, -0.2) is 56.8 Å². The molecule has 0 aliphatic carbocycles. The van der Waals surface area contributed by atoms with Crippen molar-refractivity contribution in [3.63, 3.8) is 0 Å². The maximum Gasteiger partial charge on any atom is 0.343 e. The van der Waals surface area contributed by atoms with Crippen LogP contribution in [0.15, 0.2) is 46.5 Å². The van der Waals surface area contributed by atoms with Crippen LogP contribution in [-0.2, 0) is 19.1 Å². The molecule has 0 aromatic heterocycles. The highest BCUT2D eigenvalue weighted by molar-refractivity contribution is 5.93. The number of ether oxygens (including phenoxy) is 1. The van der Waals surface area contributed by atoms with Crippen LogP contribution in [0.1, 0.15) is 79.1 Å². The fourth-order valence-corrected chi connectivity index (χ4v) is 4.30. The minimum atomic E-state index is -1.02. The van der Waals surface area contributed by atoms with Gasteiger partial charge in [-0.1, -0.05) is 18.6 Å². The van der Waals surface area contributed by atoms with Crippen LogP contribution in [0, 0.1) is 5.92 Å². The molecule has 1 amide bonds. The predicted molar refractivity (Wildman–Crippen MR) is 132 cm³/mol. The van der Waals surface area contributed by atoms with E-state index in [0.29, 0.717) is 25.8 Å². The van der Waals surface area contributed by atoms with E-state index in [2.05, 4.69) is 13.0 Å². The van der Waals surface area contributed by atoms with Gasteiger partial charge in [0.1, 0.15) is 6.54 Å². The number of cyclic esters (lactones) is 1. The summed E-state index contributed by atoms with van der Waals surface area (Å²) < 4.78 is 5.07. The van der Waals surface area contributed by atoms with Crippen LogP contribution >= 0.6 is 0 Å². The molecule has 8 nitrogen and oxygen atoms in total. The third kappa shape index (κ3) is 9.36. The van der Waals surface area contributed by atoms with Crippen molar-refractivity contribution >= 4 is 17.8 Å². The molecule has 194 valence electrons. The van der Waals surface area contributed by atoms with Crippen molar-refractivity contribution in [2.75, 3.05) is 13.1 Å². The molecule has 0 spiro atoms. The van der Waals surface area contributed by atoms with E-state index < -0.39 is 17.5 Å². The van der Waals surface area contributed by atoms with E-state index in [1.807, 2.05) is 13.8 Å². The van der Waals surface area contributed by atoms with E-state index in [1.165, 1.54) is 16.5 Å². The van der Waals surface area contributed by atoms with Gasteiger partial charge in [0, 0.05) is 12.6 Å². The Morgan fingerprint density at radius 1 is 1.29 bits per heavy atom. The molecule has 0 bridgehead atoms. The molecule has 2 aliphatic rings. The number of aliphatic hydroxyl groups is 2. The molecule has 0 saturated carbocycles. The average Bonchev–Trinajstić information content (AvgIpc) is 3.20. The molecule has 2 aliphatic heterocycles. The van der Waals surface area contributed by atoms with Gasteiger partial charge < -0.3 is 25.0 Å². The zero-order valence-electron chi connectivity index (χ0n) is 21.3. The highest BCUT2D eigenvalue weighted by Crippen LogP contribution is 2.27. The number of rotatable bonds is 14. The third-order valence-electron chi connectivity index (χ3n) is 6.51. The Hall–Kier alpha value is -2.87. The number of amides is 1. The Balaban J connectivity index is 1.64. The Morgan fingerprint density at radius 3 is 2.63 bits per heavy atom. The number of allylic oxidation sites excluding steroid dienone is 3. The van der Waals surface area contributed by atoms with Crippen molar-refractivity contribution in [1.82, 2.24) is 4.90 Å². The van der Waals surface area contributed by atoms with Gasteiger partial charge in [-0.2, -0.15) is 0 Å². The molecule has 0 saturated heterocycles. The molecule has 0 aromatic carbocycles. The van der Waals surface area contributed by atoms with Crippen molar-refractivity contribution in [1.29, 1.82) is 0 Å². The second-order valence-corrected chi connectivity index (χ2v) is 10.1. The highest BCUT2D eigenvalue weighted by Gasteiger charge is 2.27. The molecule has 2 atom stereocenters. The molecular weight excluding hydrogens is 450 g/mol. The highest BCUT2D eigenvalue weighted by atomic mass is 16.6. The van der Waals surface area contributed by atoms with Crippen molar-refractivity contribution in [3.8, 4) is 0 Å². The van der Waals surface area contributed by atoms with E-state index in [4.69, 9.17) is 9.84 Å². The number of esters is 1. The van der Waals surface area contributed by atoms with Gasteiger partial charge in [-0.15, -0.1) is 0 Å². The summed E-state index contributed by atoms with van der Waals surface area (Å²) in [6.45, 7) is 7.56. The summed E-state index contributed by atoms with van der Waals surface area (Å²) in [5.74, 6) is -1.42. The minimum absolute atomic E-state index is 0.0707. The van der Waals surface area contributed by atoms with Crippen LogP contribution in [0.5, 0.6) is 0 Å². The Morgan fingerprint density at radius 2 is 2.00 bits per heavy atom. The predicted octanol–water partition coefficient (Wildman–Crippen LogP) is 4.57. The number of carboxylic acid groups (broad SMARTS) is 1. The monoisotopic (exact) mass is 489 g/mol. The van der Waals surface area contributed by atoms with Crippen LogP contribution in [0.25, 0.3) is 0 Å². The second-order valence-electron chi connectivity index (χ2n) is 10.1. The number of carbonyl (C=O) groups is 3.